The highest BCUT2D eigenvalue weighted by Gasteiger charge is 2.03. The molecule has 0 fully saturated rings. The number of ketones is 1. The zero-order chi connectivity index (χ0) is 9.40. The van der Waals surface area contributed by atoms with Crippen LogP contribution in [0.2, 0.25) is 0 Å². The van der Waals surface area contributed by atoms with E-state index in [-0.39, 0.29) is 0 Å². The number of aliphatic carboxylic acids is 1. The Morgan fingerprint density at radius 2 is 1.67 bits per heavy atom. The quantitative estimate of drug-likeness (QED) is 0.389. The third-order valence-corrected chi connectivity index (χ3v) is 0.984. The molecule has 3 nitrogen and oxygen atoms in total. The van der Waals surface area contributed by atoms with Gasteiger partial charge in [0.05, 0.1) is 0 Å². The van der Waals surface area contributed by atoms with Crippen LogP contribution in [-0.4, -0.2) is 16.9 Å². The Morgan fingerprint density at radius 3 is 2.17 bits per heavy atom. The zero-order valence-corrected chi connectivity index (χ0v) is 6.73. The third-order valence-electron chi connectivity index (χ3n) is 0.984. The minimum Gasteiger partial charge on any atom is -0.475 e. The van der Waals surface area contributed by atoms with E-state index in [1.807, 2.05) is 13.0 Å². The maximum atomic E-state index is 10.4. The van der Waals surface area contributed by atoms with E-state index in [1.54, 1.807) is 18.2 Å². The highest BCUT2D eigenvalue weighted by atomic mass is 16.4. The molecule has 0 amide bonds. The lowest BCUT2D eigenvalue weighted by atomic mass is 10.3. The van der Waals surface area contributed by atoms with Gasteiger partial charge in [-0.3, -0.25) is 4.79 Å². The van der Waals surface area contributed by atoms with Crippen molar-refractivity contribution in [3.63, 3.8) is 0 Å². The van der Waals surface area contributed by atoms with Gasteiger partial charge in [-0.15, -0.1) is 0 Å². The Labute approximate surface area is 70.7 Å². The number of hydrogen-bond donors (Lipinski definition) is 1. The van der Waals surface area contributed by atoms with Gasteiger partial charge in [-0.1, -0.05) is 30.4 Å². The van der Waals surface area contributed by atoms with Gasteiger partial charge in [0.2, 0.25) is 0 Å². The molecular weight excluding hydrogens is 156 g/mol. The van der Waals surface area contributed by atoms with Crippen LogP contribution < -0.4 is 0 Å². The molecule has 0 atom stereocenters. The van der Waals surface area contributed by atoms with E-state index in [2.05, 4.69) is 0 Å². The molecule has 1 N–H and O–H groups in total. The fourth-order valence-corrected chi connectivity index (χ4v) is 0.454. The molecule has 0 aromatic carbocycles. The molecule has 0 rings (SSSR count). The van der Waals surface area contributed by atoms with Crippen molar-refractivity contribution in [1.82, 2.24) is 0 Å². The van der Waals surface area contributed by atoms with Gasteiger partial charge in [-0.25, -0.2) is 4.79 Å². The topological polar surface area (TPSA) is 54.4 Å². The van der Waals surface area contributed by atoms with E-state index < -0.39 is 11.8 Å². The van der Waals surface area contributed by atoms with Crippen LogP contribution in [0.1, 0.15) is 6.92 Å². The summed E-state index contributed by atoms with van der Waals surface area (Å²) >= 11 is 0. The summed E-state index contributed by atoms with van der Waals surface area (Å²) in [6.45, 7) is 1.86. The van der Waals surface area contributed by atoms with Gasteiger partial charge >= 0.3 is 5.97 Å². The summed E-state index contributed by atoms with van der Waals surface area (Å²) in [7, 11) is 0. The van der Waals surface area contributed by atoms with Gasteiger partial charge in [0.25, 0.3) is 5.78 Å². The first-order valence-corrected chi connectivity index (χ1v) is 3.41. The van der Waals surface area contributed by atoms with Crippen molar-refractivity contribution in [2.24, 2.45) is 0 Å². The summed E-state index contributed by atoms with van der Waals surface area (Å²) in [6.07, 6.45) is 9.27. The SMILES string of the molecule is CC=CC=CC=CC(=O)C(=O)O. The van der Waals surface area contributed by atoms with Crippen molar-refractivity contribution in [3.05, 3.63) is 36.5 Å². The molecule has 0 aliphatic carbocycles. The number of carboxylic acid groups (broad SMARTS) is 1. The molecule has 0 unspecified atom stereocenters. The molecule has 0 aliphatic rings. The number of rotatable bonds is 4. The van der Waals surface area contributed by atoms with Crippen molar-refractivity contribution in [2.75, 3.05) is 0 Å². The first-order valence-electron chi connectivity index (χ1n) is 3.41. The largest absolute Gasteiger partial charge is 0.475 e. The minimum absolute atomic E-state index is 0.917. The van der Waals surface area contributed by atoms with E-state index in [1.165, 1.54) is 6.08 Å². The maximum absolute atomic E-state index is 10.4. The van der Waals surface area contributed by atoms with Crippen LogP contribution in [0, 0.1) is 0 Å². The Hall–Kier alpha value is -1.64. The Balaban J connectivity index is 3.92. The zero-order valence-electron chi connectivity index (χ0n) is 6.73. The second-order valence-corrected chi connectivity index (χ2v) is 1.94. The number of carbonyl (C=O) groups excluding carboxylic acids is 1. The van der Waals surface area contributed by atoms with Crippen LogP contribution in [0.15, 0.2) is 36.5 Å². The van der Waals surface area contributed by atoms with Crippen LogP contribution >= 0.6 is 0 Å². The average molecular weight is 166 g/mol. The fraction of sp³-hybridized carbons (Fsp3) is 0.111. The molecule has 0 heterocycles. The number of allylic oxidation sites excluding steroid dienone is 5. The Morgan fingerprint density at radius 1 is 1.08 bits per heavy atom. The summed E-state index contributed by atoms with van der Waals surface area (Å²) in [5.41, 5.74) is 0. The van der Waals surface area contributed by atoms with Crippen LogP contribution in [0.4, 0.5) is 0 Å². The summed E-state index contributed by atoms with van der Waals surface area (Å²) in [5.74, 6) is -2.36. The molecule has 0 radical (unpaired) electrons. The molecule has 0 spiro atoms. The molecule has 0 aliphatic heterocycles. The predicted octanol–water partition coefficient (Wildman–Crippen LogP) is 1.33. The summed E-state index contributed by atoms with van der Waals surface area (Å²) in [6, 6.07) is 0. The van der Waals surface area contributed by atoms with Crippen LogP contribution in [-0.2, 0) is 9.59 Å². The Bertz CT molecular complexity index is 246. The van der Waals surface area contributed by atoms with Gasteiger partial charge in [0.1, 0.15) is 0 Å². The number of hydrogen-bond acceptors (Lipinski definition) is 2. The minimum atomic E-state index is -1.44. The first-order chi connectivity index (χ1) is 5.68. The lowest BCUT2D eigenvalue weighted by Gasteiger charge is -1.79. The third kappa shape index (κ3) is 5.17. The second-order valence-electron chi connectivity index (χ2n) is 1.94. The van der Waals surface area contributed by atoms with Gasteiger partial charge in [-0.2, -0.15) is 0 Å². The first kappa shape index (κ1) is 10.4. The van der Waals surface area contributed by atoms with Crippen molar-refractivity contribution in [3.8, 4) is 0 Å². The maximum Gasteiger partial charge on any atom is 0.376 e. The molecule has 12 heavy (non-hydrogen) atoms. The summed E-state index contributed by atoms with van der Waals surface area (Å²) < 4.78 is 0. The smallest absolute Gasteiger partial charge is 0.376 e. The van der Waals surface area contributed by atoms with E-state index in [0.29, 0.717) is 0 Å². The molecule has 0 aromatic rings. The molecule has 0 bridgehead atoms. The molecule has 64 valence electrons. The normalized spacial score (nSPS) is 11.8. The molecule has 0 saturated heterocycles. The molecule has 0 saturated carbocycles. The van der Waals surface area contributed by atoms with Gasteiger partial charge in [-0.05, 0) is 13.0 Å². The van der Waals surface area contributed by atoms with Gasteiger partial charge in [0, 0.05) is 0 Å². The Kier molecular flexibility index (Phi) is 5.26. The fourth-order valence-electron chi connectivity index (χ4n) is 0.454. The summed E-state index contributed by atoms with van der Waals surface area (Å²) in [5, 5.41) is 8.15. The second kappa shape index (κ2) is 6.09. The van der Waals surface area contributed by atoms with E-state index in [9.17, 15) is 9.59 Å². The lowest BCUT2D eigenvalue weighted by Crippen LogP contribution is -2.08. The highest BCUT2D eigenvalue weighted by molar-refractivity contribution is 6.37. The molecular formula is C9H10O3. The van der Waals surface area contributed by atoms with Gasteiger partial charge in [0.15, 0.2) is 0 Å². The highest BCUT2D eigenvalue weighted by Crippen LogP contribution is 1.81. The monoisotopic (exact) mass is 166 g/mol. The number of carboxylic acids is 1. The molecule has 3 heteroatoms. The van der Waals surface area contributed by atoms with Crippen molar-refractivity contribution >= 4 is 11.8 Å². The number of carbonyl (C=O) groups is 2. The molecule has 0 aromatic heterocycles. The van der Waals surface area contributed by atoms with E-state index in [4.69, 9.17) is 5.11 Å². The van der Waals surface area contributed by atoms with Crippen molar-refractivity contribution < 1.29 is 14.7 Å². The average Bonchev–Trinajstić information content (AvgIpc) is 2.03. The van der Waals surface area contributed by atoms with Crippen LogP contribution in [0.3, 0.4) is 0 Å². The van der Waals surface area contributed by atoms with E-state index in [0.717, 1.165) is 6.08 Å². The van der Waals surface area contributed by atoms with E-state index >= 15 is 0 Å². The van der Waals surface area contributed by atoms with Crippen molar-refractivity contribution in [1.29, 1.82) is 0 Å². The van der Waals surface area contributed by atoms with Crippen LogP contribution in [0.5, 0.6) is 0 Å². The predicted molar refractivity (Wildman–Crippen MR) is 45.7 cm³/mol. The standard InChI is InChI=1S/C9H10O3/c1-2-3-4-5-6-7-8(10)9(11)12/h2-7H,1H3,(H,11,12). The van der Waals surface area contributed by atoms with Gasteiger partial charge < -0.3 is 5.11 Å². The van der Waals surface area contributed by atoms with Crippen molar-refractivity contribution in [2.45, 2.75) is 6.92 Å². The lowest BCUT2D eigenvalue weighted by molar-refractivity contribution is -0.146. The van der Waals surface area contributed by atoms with Crippen LogP contribution in [0.25, 0.3) is 0 Å². The summed E-state index contributed by atoms with van der Waals surface area (Å²) in [4.78, 5) is 20.4.